The first-order valence-electron chi connectivity index (χ1n) is 6.84. The number of hydrogen-bond acceptors (Lipinski definition) is 5. The molecule has 1 aliphatic rings. The van der Waals surface area contributed by atoms with Gasteiger partial charge in [-0.1, -0.05) is 12.2 Å². The second kappa shape index (κ2) is 6.45. The molecule has 1 fully saturated rings. The third-order valence-electron chi connectivity index (χ3n) is 3.62. The Morgan fingerprint density at radius 3 is 2.75 bits per heavy atom. The highest BCUT2D eigenvalue weighted by Crippen LogP contribution is 2.32. The standard InChI is InChI=1S/C14H20N2O3S/c1-4-19-10-5-9(6-10)7-11-15-8(2)12(13(20)16-11)14(17)18-3/h9-10H,4-7H2,1-3H3,(H,15,16,20). The zero-order valence-electron chi connectivity index (χ0n) is 12.1. The minimum Gasteiger partial charge on any atom is -0.465 e. The summed E-state index contributed by atoms with van der Waals surface area (Å²) in [6.45, 7) is 4.60. The van der Waals surface area contributed by atoms with Crippen molar-refractivity contribution in [3.63, 3.8) is 0 Å². The van der Waals surface area contributed by atoms with Crippen LogP contribution in [0.25, 0.3) is 0 Å². The fourth-order valence-corrected chi connectivity index (χ4v) is 2.92. The van der Waals surface area contributed by atoms with Crippen molar-refractivity contribution in [2.45, 2.75) is 39.2 Å². The number of carbonyl (C=O) groups is 1. The van der Waals surface area contributed by atoms with E-state index in [4.69, 9.17) is 21.7 Å². The van der Waals surface area contributed by atoms with Crippen LogP contribution in [0, 0.1) is 17.5 Å². The van der Waals surface area contributed by atoms with Gasteiger partial charge in [0.2, 0.25) is 0 Å². The van der Waals surface area contributed by atoms with E-state index < -0.39 is 5.97 Å². The van der Waals surface area contributed by atoms with Crippen molar-refractivity contribution < 1.29 is 14.3 Å². The zero-order chi connectivity index (χ0) is 14.7. The molecular formula is C14H20N2O3S. The molecule has 0 aromatic carbocycles. The summed E-state index contributed by atoms with van der Waals surface area (Å²) in [7, 11) is 1.34. The molecule has 110 valence electrons. The summed E-state index contributed by atoms with van der Waals surface area (Å²) in [4.78, 5) is 19.1. The predicted octanol–water partition coefficient (Wildman–Crippen LogP) is 2.59. The van der Waals surface area contributed by atoms with Crippen LogP contribution in [0.1, 0.15) is 41.6 Å². The highest BCUT2D eigenvalue weighted by atomic mass is 32.1. The van der Waals surface area contributed by atoms with Gasteiger partial charge in [0.15, 0.2) is 0 Å². The van der Waals surface area contributed by atoms with Gasteiger partial charge in [-0.25, -0.2) is 9.78 Å². The molecule has 0 atom stereocenters. The molecule has 0 aliphatic heterocycles. The minimum atomic E-state index is -0.442. The summed E-state index contributed by atoms with van der Waals surface area (Å²) in [5.74, 6) is 0.969. The van der Waals surface area contributed by atoms with Crippen molar-refractivity contribution >= 4 is 18.2 Å². The Bertz CT molecular complexity index is 550. The molecule has 5 nitrogen and oxygen atoms in total. The Morgan fingerprint density at radius 1 is 1.50 bits per heavy atom. The maximum absolute atomic E-state index is 11.6. The van der Waals surface area contributed by atoms with Gasteiger partial charge in [-0.15, -0.1) is 0 Å². The lowest BCUT2D eigenvalue weighted by atomic mass is 9.80. The molecule has 1 aromatic heterocycles. The lowest BCUT2D eigenvalue weighted by molar-refractivity contribution is -0.0245. The maximum Gasteiger partial charge on any atom is 0.342 e. The van der Waals surface area contributed by atoms with Crippen LogP contribution < -0.4 is 0 Å². The first-order valence-corrected chi connectivity index (χ1v) is 7.25. The number of ether oxygens (including phenoxy) is 2. The predicted molar refractivity (Wildman–Crippen MR) is 77.3 cm³/mol. The number of H-pyrrole nitrogens is 1. The van der Waals surface area contributed by atoms with Gasteiger partial charge in [-0.2, -0.15) is 0 Å². The van der Waals surface area contributed by atoms with E-state index in [1.807, 2.05) is 13.8 Å². The van der Waals surface area contributed by atoms with Crippen molar-refractivity contribution in [1.82, 2.24) is 9.97 Å². The number of methoxy groups -OCH3 is 1. The molecule has 1 saturated carbocycles. The number of aromatic nitrogens is 2. The Labute approximate surface area is 123 Å². The fourth-order valence-electron chi connectivity index (χ4n) is 2.57. The van der Waals surface area contributed by atoms with Gasteiger partial charge in [-0.05, 0) is 32.6 Å². The van der Waals surface area contributed by atoms with E-state index in [1.165, 1.54) is 7.11 Å². The highest BCUT2D eigenvalue weighted by Gasteiger charge is 2.30. The van der Waals surface area contributed by atoms with Gasteiger partial charge in [-0.3, -0.25) is 0 Å². The van der Waals surface area contributed by atoms with Gasteiger partial charge < -0.3 is 14.5 Å². The Morgan fingerprint density at radius 2 is 2.20 bits per heavy atom. The van der Waals surface area contributed by atoms with Crippen molar-refractivity contribution in [2.75, 3.05) is 13.7 Å². The van der Waals surface area contributed by atoms with Crippen LogP contribution in [0.15, 0.2) is 0 Å². The Kier molecular flexibility index (Phi) is 4.88. The van der Waals surface area contributed by atoms with E-state index in [1.54, 1.807) is 0 Å². The smallest absolute Gasteiger partial charge is 0.342 e. The third-order valence-corrected chi connectivity index (χ3v) is 3.92. The lowest BCUT2D eigenvalue weighted by Crippen LogP contribution is -2.33. The van der Waals surface area contributed by atoms with Gasteiger partial charge in [0.1, 0.15) is 16.0 Å². The van der Waals surface area contributed by atoms with Crippen molar-refractivity contribution in [3.8, 4) is 0 Å². The second-order valence-electron chi connectivity index (χ2n) is 5.10. The number of carbonyl (C=O) groups excluding carboxylic acids is 1. The van der Waals surface area contributed by atoms with Gasteiger partial charge >= 0.3 is 5.97 Å². The first-order chi connectivity index (χ1) is 9.55. The van der Waals surface area contributed by atoms with Crippen LogP contribution in [0.5, 0.6) is 0 Å². The summed E-state index contributed by atoms with van der Waals surface area (Å²) < 4.78 is 10.6. The Balaban J connectivity index is 2.05. The minimum absolute atomic E-state index is 0.309. The van der Waals surface area contributed by atoms with Crippen molar-refractivity contribution in [1.29, 1.82) is 0 Å². The molecule has 2 rings (SSSR count). The summed E-state index contributed by atoms with van der Waals surface area (Å²) in [6, 6.07) is 0. The summed E-state index contributed by atoms with van der Waals surface area (Å²) in [6.07, 6.45) is 3.36. The van der Waals surface area contributed by atoms with Crippen molar-refractivity contribution in [3.05, 3.63) is 21.7 Å². The molecule has 20 heavy (non-hydrogen) atoms. The molecule has 1 N–H and O–H groups in total. The second-order valence-corrected chi connectivity index (χ2v) is 5.49. The van der Waals surface area contributed by atoms with E-state index in [9.17, 15) is 4.79 Å². The van der Waals surface area contributed by atoms with Gasteiger partial charge in [0.05, 0.1) is 13.2 Å². The van der Waals surface area contributed by atoms with Crippen LogP contribution in [-0.4, -0.2) is 35.8 Å². The largest absolute Gasteiger partial charge is 0.465 e. The van der Waals surface area contributed by atoms with Crippen molar-refractivity contribution in [2.24, 2.45) is 5.92 Å². The molecule has 0 unspecified atom stereocenters. The van der Waals surface area contributed by atoms with Crippen LogP contribution in [0.4, 0.5) is 0 Å². The number of nitrogens with one attached hydrogen (secondary N) is 1. The number of esters is 1. The summed E-state index contributed by atoms with van der Waals surface area (Å²) >= 11 is 5.18. The first kappa shape index (κ1) is 15.1. The third kappa shape index (κ3) is 3.24. The van der Waals surface area contributed by atoms with E-state index >= 15 is 0 Å². The molecule has 1 heterocycles. The Hall–Kier alpha value is -1.27. The van der Waals surface area contributed by atoms with Gasteiger partial charge in [0.25, 0.3) is 0 Å². The highest BCUT2D eigenvalue weighted by molar-refractivity contribution is 7.71. The molecule has 1 aromatic rings. The quantitative estimate of drug-likeness (QED) is 0.668. The fraction of sp³-hybridized carbons (Fsp3) is 0.643. The van der Waals surface area contributed by atoms with E-state index in [-0.39, 0.29) is 0 Å². The molecular weight excluding hydrogens is 276 g/mol. The number of aryl methyl sites for hydroxylation is 1. The SMILES string of the molecule is CCOC1CC(Cc2nc(=S)c(C(=O)OC)c(C)[nH]2)C1. The monoisotopic (exact) mass is 296 g/mol. The molecule has 0 saturated heterocycles. The molecule has 0 radical (unpaired) electrons. The molecule has 6 heteroatoms. The lowest BCUT2D eigenvalue weighted by Gasteiger charge is -2.34. The average molecular weight is 296 g/mol. The number of nitrogens with zero attached hydrogens (tertiary/aromatic N) is 1. The summed E-state index contributed by atoms with van der Waals surface area (Å²) in [5, 5.41) is 0. The molecule has 0 amide bonds. The van der Waals surface area contributed by atoms with Crippen LogP contribution in [0.3, 0.4) is 0 Å². The van der Waals surface area contributed by atoms with Crippen LogP contribution in [-0.2, 0) is 15.9 Å². The zero-order valence-corrected chi connectivity index (χ0v) is 12.9. The number of rotatable bonds is 5. The average Bonchev–Trinajstić information content (AvgIpc) is 2.35. The molecule has 0 spiro atoms. The molecule has 1 aliphatic carbocycles. The topological polar surface area (TPSA) is 64.2 Å². The number of aromatic amines is 1. The molecule has 0 bridgehead atoms. The van der Waals surface area contributed by atoms with E-state index in [0.717, 1.165) is 31.7 Å². The van der Waals surface area contributed by atoms with Gasteiger partial charge in [0, 0.05) is 18.7 Å². The van der Waals surface area contributed by atoms with E-state index in [0.29, 0.717) is 27.9 Å². The maximum atomic E-state index is 11.6. The summed E-state index contributed by atoms with van der Waals surface area (Å²) in [5.41, 5.74) is 1.07. The van der Waals surface area contributed by atoms with Crippen LogP contribution >= 0.6 is 12.2 Å². The van der Waals surface area contributed by atoms with Crippen LogP contribution in [0.2, 0.25) is 0 Å². The normalized spacial score (nSPS) is 21.4. The number of hydrogen-bond donors (Lipinski definition) is 1. The van der Waals surface area contributed by atoms with E-state index in [2.05, 4.69) is 9.97 Å².